The fourth-order valence-corrected chi connectivity index (χ4v) is 5.97. The normalized spacial score (nSPS) is 20.6. The molecule has 2 aliphatic heterocycles. The Kier molecular flexibility index (Phi) is 5.80. The van der Waals surface area contributed by atoms with Gasteiger partial charge >= 0.3 is 0 Å². The van der Waals surface area contributed by atoms with E-state index in [0.29, 0.717) is 35.8 Å². The van der Waals surface area contributed by atoms with Crippen LogP contribution in [0.1, 0.15) is 45.5 Å². The molecule has 2 atom stereocenters. The Morgan fingerprint density at radius 2 is 1.51 bits per heavy atom. The molecule has 186 valence electrons. The third-order valence-corrected chi connectivity index (χ3v) is 7.74. The van der Waals surface area contributed by atoms with E-state index in [1.165, 1.54) is 12.1 Å². The van der Waals surface area contributed by atoms with Crippen LogP contribution < -0.4 is 9.80 Å². The number of carbonyl (C=O) groups excluding carboxylic acids is 4. The van der Waals surface area contributed by atoms with E-state index in [4.69, 9.17) is 11.6 Å². The number of hydrogen-bond acceptors (Lipinski definition) is 4. The molecule has 37 heavy (non-hydrogen) atoms. The van der Waals surface area contributed by atoms with E-state index < -0.39 is 18.4 Å². The van der Waals surface area contributed by atoms with E-state index in [-0.39, 0.29) is 34.9 Å². The van der Waals surface area contributed by atoms with Gasteiger partial charge in [-0.1, -0.05) is 60.5 Å². The Balaban J connectivity index is 1.37. The molecule has 1 aliphatic carbocycles. The van der Waals surface area contributed by atoms with E-state index in [1.807, 2.05) is 54.6 Å². The summed E-state index contributed by atoms with van der Waals surface area (Å²) in [5.41, 5.74) is 2.69. The molecule has 0 aromatic heterocycles. The van der Waals surface area contributed by atoms with E-state index in [2.05, 4.69) is 0 Å². The highest BCUT2D eigenvalue weighted by molar-refractivity contribution is 6.32. The largest absolute Gasteiger partial charge is 0.306 e. The summed E-state index contributed by atoms with van der Waals surface area (Å²) in [5, 5.41) is 0.348. The van der Waals surface area contributed by atoms with Crippen molar-refractivity contribution in [1.29, 1.82) is 0 Å². The first kappa shape index (κ1) is 23.4. The van der Waals surface area contributed by atoms with Gasteiger partial charge in [0.05, 0.1) is 35.0 Å². The zero-order valence-corrected chi connectivity index (χ0v) is 20.7. The molecule has 3 aromatic carbocycles. The molecule has 6 rings (SSSR count). The third kappa shape index (κ3) is 3.90. The van der Waals surface area contributed by atoms with Crippen molar-refractivity contribution in [3.63, 3.8) is 0 Å². The SMILES string of the molecule is O=C1c2ccc(Cl)cc2C(=O)N1CC(=O)N1c2ccccc2N(Cc2ccccc2)C(=O)C2CCCC21. The summed E-state index contributed by atoms with van der Waals surface area (Å²) in [6.45, 7) is -0.0184. The zero-order chi connectivity index (χ0) is 25.7. The van der Waals surface area contributed by atoms with Crippen LogP contribution in [-0.4, -0.2) is 41.1 Å². The number of benzene rings is 3. The summed E-state index contributed by atoms with van der Waals surface area (Å²) < 4.78 is 0. The lowest BCUT2D eigenvalue weighted by Gasteiger charge is -2.31. The number of imide groups is 1. The second kappa shape index (κ2) is 9.16. The van der Waals surface area contributed by atoms with Gasteiger partial charge in [0.25, 0.3) is 11.8 Å². The topological polar surface area (TPSA) is 78.0 Å². The fourth-order valence-electron chi connectivity index (χ4n) is 5.80. The van der Waals surface area contributed by atoms with E-state index >= 15 is 0 Å². The highest BCUT2D eigenvalue weighted by atomic mass is 35.5. The van der Waals surface area contributed by atoms with Gasteiger partial charge < -0.3 is 9.80 Å². The average Bonchev–Trinajstić information content (AvgIpc) is 3.45. The number of halogens is 1. The number of fused-ring (bicyclic) bond motifs is 3. The second-order valence-electron chi connectivity index (χ2n) is 9.65. The van der Waals surface area contributed by atoms with Gasteiger partial charge in [-0.05, 0) is 48.7 Å². The molecule has 1 saturated carbocycles. The van der Waals surface area contributed by atoms with Crippen LogP contribution >= 0.6 is 11.6 Å². The summed E-state index contributed by atoms with van der Waals surface area (Å²) in [7, 11) is 0. The molecule has 8 heteroatoms. The molecular formula is C29H24ClN3O4. The van der Waals surface area contributed by atoms with Crippen LogP contribution in [0.15, 0.2) is 72.8 Å². The van der Waals surface area contributed by atoms with Gasteiger partial charge in [-0.25, -0.2) is 0 Å². The first-order valence-electron chi connectivity index (χ1n) is 12.4. The summed E-state index contributed by atoms with van der Waals surface area (Å²) in [6, 6.07) is 21.3. The van der Waals surface area contributed by atoms with Crippen LogP contribution in [0.3, 0.4) is 0 Å². The van der Waals surface area contributed by atoms with Crippen molar-refractivity contribution in [2.24, 2.45) is 5.92 Å². The lowest BCUT2D eigenvalue weighted by molar-refractivity contribution is -0.123. The lowest BCUT2D eigenvalue weighted by atomic mass is 10.0. The molecule has 4 amide bonds. The summed E-state index contributed by atoms with van der Waals surface area (Å²) in [5.74, 6) is -1.81. The number of nitrogens with zero attached hydrogens (tertiary/aromatic N) is 3. The number of carbonyl (C=O) groups is 4. The molecule has 2 unspecified atom stereocenters. The van der Waals surface area contributed by atoms with Gasteiger partial charge in [0.2, 0.25) is 11.8 Å². The maximum atomic E-state index is 13.9. The van der Waals surface area contributed by atoms with E-state index in [9.17, 15) is 19.2 Å². The predicted octanol–water partition coefficient (Wildman–Crippen LogP) is 4.68. The third-order valence-electron chi connectivity index (χ3n) is 7.50. The minimum absolute atomic E-state index is 0.00975. The van der Waals surface area contributed by atoms with Gasteiger partial charge in [0.15, 0.2) is 0 Å². The maximum absolute atomic E-state index is 13.9. The van der Waals surface area contributed by atoms with Gasteiger partial charge in [0.1, 0.15) is 6.54 Å². The molecule has 0 N–H and O–H groups in total. The highest BCUT2D eigenvalue weighted by Gasteiger charge is 2.47. The number of para-hydroxylation sites is 2. The molecular weight excluding hydrogens is 490 g/mol. The molecule has 1 fully saturated rings. The van der Waals surface area contributed by atoms with Crippen LogP contribution in [0.5, 0.6) is 0 Å². The van der Waals surface area contributed by atoms with Gasteiger partial charge in [-0.3, -0.25) is 24.1 Å². The van der Waals surface area contributed by atoms with Crippen molar-refractivity contribution in [3.05, 3.63) is 94.5 Å². The summed E-state index contributed by atoms with van der Waals surface area (Å²) in [4.78, 5) is 58.2. The number of anilines is 2. The molecule has 2 heterocycles. The zero-order valence-electron chi connectivity index (χ0n) is 20.0. The van der Waals surface area contributed by atoms with Crippen LogP contribution in [0.25, 0.3) is 0 Å². The van der Waals surface area contributed by atoms with Crippen LogP contribution in [0.4, 0.5) is 11.4 Å². The summed E-state index contributed by atoms with van der Waals surface area (Å²) >= 11 is 6.04. The lowest BCUT2D eigenvalue weighted by Crippen LogP contribution is -2.49. The number of rotatable bonds is 4. The Hall–Kier alpha value is -3.97. The molecule has 7 nitrogen and oxygen atoms in total. The Morgan fingerprint density at radius 3 is 2.30 bits per heavy atom. The predicted molar refractivity (Wildman–Crippen MR) is 140 cm³/mol. The number of hydrogen-bond donors (Lipinski definition) is 0. The second-order valence-corrected chi connectivity index (χ2v) is 10.1. The standard InChI is InChI=1S/C29H24ClN3O4/c30-19-13-14-20-22(15-19)29(37)32(27(20)35)17-26(34)33-23-12-6-9-21(23)28(36)31(16-18-7-2-1-3-8-18)24-10-4-5-11-25(24)33/h1-5,7-8,10-11,13-15,21,23H,6,9,12,16-17H2. The van der Waals surface area contributed by atoms with Gasteiger partial charge in [0, 0.05) is 11.1 Å². The first-order chi connectivity index (χ1) is 17.9. The van der Waals surface area contributed by atoms with Crippen LogP contribution in [0, 0.1) is 5.92 Å². The molecule has 0 spiro atoms. The maximum Gasteiger partial charge on any atom is 0.262 e. The molecule has 3 aromatic rings. The van der Waals surface area contributed by atoms with Crippen molar-refractivity contribution in [2.75, 3.05) is 16.3 Å². The van der Waals surface area contributed by atoms with Crippen molar-refractivity contribution in [3.8, 4) is 0 Å². The molecule has 3 aliphatic rings. The molecule has 0 bridgehead atoms. The van der Waals surface area contributed by atoms with Crippen molar-refractivity contribution in [1.82, 2.24) is 4.90 Å². The Bertz CT molecular complexity index is 1440. The smallest absolute Gasteiger partial charge is 0.262 e. The first-order valence-corrected chi connectivity index (χ1v) is 12.7. The average molecular weight is 514 g/mol. The van der Waals surface area contributed by atoms with Crippen molar-refractivity contribution >= 4 is 46.6 Å². The molecule has 0 radical (unpaired) electrons. The van der Waals surface area contributed by atoms with Crippen LogP contribution in [0.2, 0.25) is 5.02 Å². The Labute approximate surface area is 219 Å². The van der Waals surface area contributed by atoms with Crippen molar-refractivity contribution < 1.29 is 19.2 Å². The van der Waals surface area contributed by atoms with Crippen LogP contribution in [-0.2, 0) is 16.1 Å². The molecule has 0 saturated heterocycles. The monoisotopic (exact) mass is 513 g/mol. The minimum Gasteiger partial charge on any atom is -0.306 e. The minimum atomic E-state index is -0.538. The Morgan fingerprint density at radius 1 is 0.811 bits per heavy atom. The fraction of sp³-hybridized carbons (Fsp3) is 0.241. The summed E-state index contributed by atoms with van der Waals surface area (Å²) in [6.07, 6.45) is 2.17. The van der Waals surface area contributed by atoms with E-state index in [0.717, 1.165) is 16.9 Å². The number of amides is 4. The van der Waals surface area contributed by atoms with E-state index in [1.54, 1.807) is 15.9 Å². The van der Waals surface area contributed by atoms with Gasteiger partial charge in [-0.15, -0.1) is 0 Å². The van der Waals surface area contributed by atoms with Gasteiger partial charge in [-0.2, -0.15) is 0 Å². The van der Waals surface area contributed by atoms with Crippen molar-refractivity contribution in [2.45, 2.75) is 31.8 Å². The quantitative estimate of drug-likeness (QED) is 0.474. The highest BCUT2D eigenvalue weighted by Crippen LogP contribution is 2.43.